The molecule has 1 atom stereocenters. The van der Waals surface area contributed by atoms with E-state index in [0.29, 0.717) is 30.8 Å². The highest BCUT2D eigenvalue weighted by atomic mass is 19.3. The molecule has 1 fully saturated rings. The Labute approximate surface area is 165 Å². The number of halogens is 3. The molecule has 3 rings (SSSR count). The van der Waals surface area contributed by atoms with Crippen LogP contribution in [0, 0.1) is 11.7 Å². The highest BCUT2D eigenvalue weighted by Crippen LogP contribution is 2.30. The van der Waals surface area contributed by atoms with Crippen molar-refractivity contribution in [2.45, 2.75) is 25.7 Å². The molecule has 0 bridgehead atoms. The van der Waals surface area contributed by atoms with E-state index in [0.717, 1.165) is 12.1 Å². The van der Waals surface area contributed by atoms with Gasteiger partial charge in [-0.1, -0.05) is 6.07 Å². The summed E-state index contributed by atoms with van der Waals surface area (Å²) in [4.78, 5) is 18.7. The number of aromatic amines is 1. The summed E-state index contributed by atoms with van der Waals surface area (Å²) in [5.74, 6) is -1.00. The maximum absolute atomic E-state index is 13.3. The number of carbonyl (C=O) groups is 1. The Bertz CT molecular complexity index is 940. The fourth-order valence-corrected chi connectivity index (χ4v) is 3.38. The number of allylic oxidation sites excluding steroid dienone is 2. The molecule has 2 heterocycles. The maximum Gasteiger partial charge on any atom is 0.264 e. The number of aromatic nitrogens is 3. The van der Waals surface area contributed by atoms with E-state index in [1.54, 1.807) is 0 Å². The van der Waals surface area contributed by atoms with Crippen molar-refractivity contribution >= 4 is 17.4 Å². The van der Waals surface area contributed by atoms with Crippen LogP contribution in [0.1, 0.15) is 36.2 Å². The molecule has 1 aromatic heterocycles. The molecule has 1 amide bonds. The van der Waals surface area contributed by atoms with E-state index >= 15 is 0 Å². The highest BCUT2D eigenvalue weighted by molar-refractivity contribution is 5.94. The first-order valence-electron chi connectivity index (χ1n) is 9.05. The first kappa shape index (κ1) is 20.4. The van der Waals surface area contributed by atoms with Gasteiger partial charge >= 0.3 is 0 Å². The van der Waals surface area contributed by atoms with Gasteiger partial charge in [0, 0.05) is 29.8 Å². The molecule has 1 saturated heterocycles. The maximum atomic E-state index is 13.3. The van der Waals surface area contributed by atoms with E-state index in [9.17, 15) is 18.0 Å². The number of anilines is 1. The van der Waals surface area contributed by atoms with Crippen molar-refractivity contribution in [1.29, 1.82) is 0 Å². The third kappa shape index (κ3) is 4.41. The lowest BCUT2D eigenvalue weighted by Gasteiger charge is -2.30. The largest absolute Gasteiger partial charge is 0.405 e. The lowest BCUT2D eigenvalue weighted by atomic mass is 9.88. The van der Waals surface area contributed by atoms with Crippen molar-refractivity contribution in [3.05, 3.63) is 59.4 Å². The van der Waals surface area contributed by atoms with Crippen LogP contribution in [0.25, 0.3) is 5.57 Å². The molecule has 1 unspecified atom stereocenters. The second kappa shape index (κ2) is 8.80. The molecule has 1 aliphatic rings. The zero-order valence-corrected chi connectivity index (χ0v) is 15.5. The number of amides is 1. The number of H-pyrrole nitrogens is 1. The van der Waals surface area contributed by atoms with Crippen LogP contribution in [0.15, 0.2) is 36.7 Å². The van der Waals surface area contributed by atoms with Crippen molar-refractivity contribution in [2.75, 3.05) is 11.4 Å². The Hall–Kier alpha value is -3.30. The first-order valence-corrected chi connectivity index (χ1v) is 9.05. The van der Waals surface area contributed by atoms with Gasteiger partial charge in [-0.25, -0.2) is 13.2 Å². The topological polar surface area (TPSA) is 114 Å². The number of nitrogens with zero attached hydrogens (tertiary/aromatic N) is 3. The number of hydrogen-bond donors (Lipinski definition) is 3. The molecule has 2 aromatic rings. The molecule has 1 aliphatic heterocycles. The molecule has 7 nitrogen and oxygen atoms in total. The minimum absolute atomic E-state index is 0.0937. The van der Waals surface area contributed by atoms with E-state index in [1.165, 1.54) is 29.4 Å². The zero-order chi connectivity index (χ0) is 21.0. The van der Waals surface area contributed by atoms with Gasteiger partial charge in [-0.3, -0.25) is 14.8 Å². The molecule has 0 saturated carbocycles. The van der Waals surface area contributed by atoms with Gasteiger partial charge in [0.05, 0.1) is 0 Å². The molecule has 154 valence electrons. The van der Waals surface area contributed by atoms with E-state index in [1.807, 2.05) is 0 Å². The van der Waals surface area contributed by atoms with Crippen LogP contribution in [-0.4, -0.2) is 27.6 Å². The number of alkyl halides is 2. The molecule has 5 N–H and O–H groups in total. The number of nitrogens with one attached hydrogen (secondary N) is 1. The number of carbonyl (C=O) groups excluding carboxylic acids is 1. The van der Waals surface area contributed by atoms with Crippen LogP contribution in [0.2, 0.25) is 0 Å². The van der Waals surface area contributed by atoms with Crippen LogP contribution in [-0.2, 0) is 11.2 Å². The van der Waals surface area contributed by atoms with Crippen molar-refractivity contribution in [2.24, 2.45) is 17.4 Å². The van der Waals surface area contributed by atoms with Gasteiger partial charge in [0.1, 0.15) is 5.82 Å². The predicted molar refractivity (Wildman–Crippen MR) is 102 cm³/mol. The molecule has 0 radical (unpaired) electrons. The lowest BCUT2D eigenvalue weighted by Crippen LogP contribution is -2.42. The van der Waals surface area contributed by atoms with Gasteiger partial charge in [0.15, 0.2) is 5.82 Å². The molecule has 10 heteroatoms. The first-order chi connectivity index (χ1) is 13.9. The number of nitrogens with two attached hydrogens (primary N) is 2. The molecule has 0 spiro atoms. The Morgan fingerprint density at radius 2 is 2.17 bits per heavy atom. The summed E-state index contributed by atoms with van der Waals surface area (Å²) in [5.41, 5.74) is 11.3. The summed E-state index contributed by atoms with van der Waals surface area (Å²) in [6.45, 7) is 0.409. The lowest BCUT2D eigenvalue weighted by molar-refractivity contribution is -0.123. The van der Waals surface area contributed by atoms with Gasteiger partial charge in [-0.05, 0) is 49.2 Å². The monoisotopic (exact) mass is 406 g/mol. The third-order valence-corrected chi connectivity index (χ3v) is 4.80. The SMILES string of the molecule is N/C=C\C(=C/N)c1nc(N2CCCC(Cc3ccc(F)cc3C(F)F)C2=O)n[nH]1. The zero-order valence-electron chi connectivity index (χ0n) is 15.5. The summed E-state index contributed by atoms with van der Waals surface area (Å²) in [6, 6.07) is 3.25. The summed E-state index contributed by atoms with van der Waals surface area (Å²) in [6.07, 6.45) is 2.61. The number of hydrogen-bond acceptors (Lipinski definition) is 5. The number of benzene rings is 1. The van der Waals surface area contributed by atoms with Crippen molar-refractivity contribution in [3.63, 3.8) is 0 Å². The van der Waals surface area contributed by atoms with Gasteiger partial charge in [0.25, 0.3) is 12.4 Å². The number of rotatable bonds is 6. The fourth-order valence-electron chi connectivity index (χ4n) is 3.38. The predicted octanol–water partition coefficient (Wildman–Crippen LogP) is 2.64. The molecular weight excluding hydrogens is 385 g/mol. The molecule has 0 aliphatic carbocycles. The summed E-state index contributed by atoms with van der Waals surface area (Å²) >= 11 is 0. The molecule has 29 heavy (non-hydrogen) atoms. The summed E-state index contributed by atoms with van der Waals surface area (Å²) in [7, 11) is 0. The fraction of sp³-hybridized carbons (Fsp3) is 0.316. The Balaban J connectivity index is 1.81. The van der Waals surface area contributed by atoms with E-state index in [2.05, 4.69) is 15.2 Å². The highest BCUT2D eigenvalue weighted by Gasteiger charge is 2.33. The smallest absolute Gasteiger partial charge is 0.264 e. The molecular formula is C19H21F3N6O. The minimum atomic E-state index is -2.82. The van der Waals surface area contributed by atoms with Crippen LogP contribution < -0.4 is 16.4 Å². The molecule has 1 aromatic carbocycles. The summed E-state index contributed by atoms with van der Waals surface area (Å²) < 4.78 is 39.9. The Morgan fingerprint density at radius 3 is 2.86 bits per heavy atom. The second-order valence-corrected chi connectivity index (χ2v) is 6.64. The quantitative estimate of drug-likeness (QED) is 0.638. The Kier molecular flexibility index (Phi) is 6.20. The Morgan fingerprint density at radius 1 is 1.38 bits per heavy atom. The van der Waals surface area contributed by atoms with Gasteiger partial charge in [-0.15, -0.1) is 5.10 Å². The van der Waals surface area contributed by atoms with Crippen molar-refractivity contribution in [3.8, 4) is 0 Å². The van der Waals surface area contributed by atoms with Crippen LogP contribution in [0.3, 0.4) is 0 Å². The van der Waals surface area contributed by atoms with E-state index < -0.39 is 18.2 Å². The third-order valence-electron chi connectivity index (χ3n) is 4.80. The van der Waals surface area contributed by atoms with Crippen LogP contribution in [0.5, 0.6) is 0 Å². The summed E-state index contributed by atoms with van der Waals surface area (Å²) in [5, 5.41) is 6.77. The van der Waals surface area contributed by atoms with Crippen LogP contribution in [0.4, 0.5) is 19.1 Å². The average molecular weight is 406 g/mol. The second-order valence-electron chi connectivity index (χ2n) is 6.64. The van der Waals surface area contributed by atoms with Crippen molar-refractivity contribution < 1.29 is 18.0 Å². The van der Waals surface area contributed by atoms with Crippen LogP contribution >= 0.6 is 0 Å². The minimum Gasteiger partial charge on any atom is -0.405 e. The van der Waals surface area contributed by atoms with E-state index in [-0.39, 0.29) is 29.4 Å². The number of piperidine rings is 1. The van der Waals surface area contributed by atoms with Crippen molar-refractivity contribution in [1.82, 2.24) is 15.2 Å². The van der Waals surface area contributed by atoms with Gasteiger partial charge < -0.3 is 11.5 Å². The van der Waals surface area contributed by atoms with Gasteiger partial charge in [0.2, 0.25) is 5.91 Å². The standard InChI is InChI=1S/C19H21F3N6O/c20-14-4-3-11(15(9-14)16(21)22)8-12-2-1-7-28(18(12)29)19-25-17(26-27-19)13(10-24)5-6-23/h3-6,9-10,12,16H,1-2,7-8,23-24H2,(H,25,26,27)/b6-5-,13-10+. The van der Waals surface area contributed by atoms with E-state index in [4.69, 9.17) is 11.5 Å². The van der Waals surface area contributed by atoms with Gasteiger partial charge in [-0.2, -0.15) is 4.98 Å². The normalized spacial score (nSPS) is 18.2. The average Bonchev–Trinajstić information content (AvgIpc) is 3.18.